The molecule has 5 heteroatoms. The van der Waals surface area contributed by atoms with Crippen LogP contribution in [0.25, 0.3) is 0 Å². The number of benzene rings is 1. The molecule has 2 N–H and O–H groups in total. The van der Waals surface area contributed by atoms with Crippen LogP contribution in [0, 0.1) is 11.6 Å². The van der Waals surface area contributed by atoms with E-state index in [2.05, 4.69) is 4.98 Å². The van der Waals surface area contributed by atoms with Gasteiger partial charge in [0.2, 0.25) is 0 Å². The maximum Gasteiger partial charge on any atom is 0.159 e. The Hall–Kier alpha value is -1.46. The average molecular weight is 266 g/mol. The molecular weight excluding hydrogens is 254 g/mol. The summed E-state index contributed by atoms with van der Waals surface area (Å²) >= 11 is 1.27. The van der Waals surface area contributed by atoms with E-state index in [1.54, 1.807) is 6.20 Å². The molecule has 2 nitrogen and oxygen atoms in total. The Morgan fingerprint density at radius 3 is 2.50 bits per heavy atom. The molecule has 0 fully saturated rings. The molecular formula is C13H12F2N2S. The molecule has 0 amide bonds. The van der Waals surface area contributed by atoms with Gasteiger partial charge < -0.3 is 5.73 Å². The fourth-order valence-electron chi connectivity index (χ4n) is 1.38. The largest absolute Gasteiger partial charge is 0.324 e. The third kappa shape index (κ3) is 3.05. The molecule has 0 radical (unpaired) electrons. The summed E-state index contributed by atoms with van der Waals surface area (Å²) in [5, 5.41) is 0.713. The number of hydrogen-bond acceptors (Lipinski definition) is 3. The number of hydrogen-bond donors (Lipinski definition) is 1. The standard InChI is InChI=1S/C13H12F2N2S/c1-8(16)9-2-5-13(17-7-9)18-10-3-4-11(14)12(15)6-10/h2-8H,16H2,1H3/t8-/m0/s1. The fraction of sp³-hybridized carbons (Fsp3) is 0.154. The Balaban J connectivity index is 2.15. The van der Waals surface area contributed by atoms with E-state index in [1.165, 1.54) is 17.8 Å². The molecule has 0 aliphatic carbocycles. The molecule has 2 rings (SSSR count). The van der Waals surface area contributed by atoms with Gasteiger partial charge in [-0.25, -0.2) is 13.8 Å². The molecule has 0 unspecified atom stereocenters. The average Bonchev–Trinajstić information content (AvgIpc) is 2.34. The third-order valence-corrected chi connectivity index (χ3v) is 3.34. The molecule has 0 aliphatic rings. The maximum atomic E-state index is 13.0. The zero-order valence-corrected chi connectivity index (χ0v) is 10.5. The van der Waals surface area contributed by atoms with E-state index < -0.39 is 11.6 Å². The van der Waals surface area contributed by atoms with Crippen LogP contribution >= 0.6 is 11.8 Å². The highest BCUT2D eigenvalue weighted by Gasteiger charge is 2.05. The van der Waals surface area contributed by atoms with E-state index in [0.717, 1.165) is 17.7 Å². The number of halogens is 2. The molecule has 18 heavy (non-hydrogen) atoms. The highest BCUT2D eigenvalue weighted by atomic mass is 32.2. The van der Waals surface area contributed by atoms with Crippen LogP contribution in [-0.4, -0.2) is 4.98 Å². The minimum Gasteiger partial charge on any atom is -0.324 e. The van der Waals surface area contributed by atoms with Crippen molar-refractivity contribution in [2.75, 3.05) is 0 Å². The van der Waals surface area contributed by atoms with Gasteiger partial charge in [-0.05, 0) is 36.8 Å². The molecule has 2 aromatic rings. The SMILES string of the molecule is C[C@H](N)c1ccc(Sc2ccc(F)c(F)c2)nc1. The van der Waals surface area contributed by atoms with Gasteiger partial charge in [0.1, 0.15) is 5.03 Å². The molecule has 0 aliphatic heterocycles. The summed E-state index contributed by atoms with van der Waals surface area (Å²) in [7, 11) is 0. The zero-order valence-electron chi connectivity index (χ0n) is 9.73. The molecule has 1 atom stereocenters. The normalized spacial score (nSPS) is 12.4. The summed E-state index contributed by atoms with van der Waals surface area (Å²) in [6.07, 6.45) is 1.69. The second kappa shape index (κ2) is 5.46. The van der Waals surface area contributed by atoms with Gasteiger partial charge >= 0.3 is 0 Å². The quantitative estimate of drug-likeness (QED) is 0.923. The molecule has 1 aromatic carbocycles. The van der Waals surface area contributed by atoms with Crippen molar-refractivity contribution in [3.63, 3.8) is 0 Å². The summed E-state index contributed by atoms with van der Waals surface area (Å²) in [5.41, 5.74) is 6.65. The first-order chi connectivity index (χ1) is 8.56. The highest BCUT2D eigenvalue weighted by Crippen LogP contribution is 2.27. The van der Waals surface area contributed by atoms with E-state index in [1.807, 2.05) is 19.1 Å². The molecule has 0 bridgehead atoms. The van der Waals surface area contributed by atoms with Crippen molar-refractivity contribution in [1.82, 2.24) is 4.98 Å². The van der Waals surface area contributed by atoms with E-state index in [9.17, 15) is 8.78 Å². The second-order valence-electron chi connectivity index (χ2n) is 3.90. The van der Waals surface area contributed by atoms with E-state index in [0.29, 0.717) is 9.92 Å². The molecule has 0 saturated heterocycles. The lowest BCUT2D eigenvalue weighted by molar-refractivity contribution is 0.506. The van der Waals surface area contributed by atoms with Gasteiger partial charge in [0.05, 0.1) is 0 Å². The Bertz CT molecular complexity index is 541. The predicted molar refractivity (Wildman–Crippen MR) is 67.3 cm³/mol. The van der Waals surface area contributed by atoms with Crippen molar-refractivity contribution >= 4 is 11.8 Å². The lowest BCUT2D eigenvalue weighted by atomic mass is 10.2. The molecule has 94 valence electrons. The van der Waals surface area contributed by atoms with Crippen molar-refractivity contribution in [1.29, 1.82) is 0 Å². The molecule has 0 saturated carbocycles. The van der Waals surface area contributed by atoms with E-state index in [4.69, 9.17) is 5.73 Å². The van der Waals surface area contributed by atoms with Gasteiger partial charge in [0.15, 0.2) is 11.6 Å². The van der Waals surface area contributed by atoms with Crippen LogP contribution in [-0.2, 0) is 0 Å². The lowest BCUT2D eigenvalue weighted by Crippen LogP contribution is -2.04. The molecule has 0 spiro atoms. The number of pyridine rings is 1. The monoisotopic (exact) mass is 266 g/mol. The molecule has 1 heterocycles. The van der Waals surface area contributed by atoms with Crippen LogP contribution in [0.5, 0.6) is 0 Å². The van der Waals surface area contributed by atoms with Gasteiger partial charge in [-0.15, -0.1) is 0 Å². The van der Waals surface area contributed by atoms with Gasteiger partial charge in [0.25, 0.3) is 0 Å². The first-order valence-corrected chi connectivity index (χ1v) is 6.22. The summed E-state index contributed by atoms with van der Waals surface area (Å²) in [6, 6.07) is 7.39. The summed E-state index contributed by atoms with van der Waals surface area (Å²) in [6.45, 7) is 1.87. The van der Waals surface area contributed by atoms with Crippen LogP contribution in [0.15, 0.2) is 46.5 Å². The van der Waals surface area contributed by atoms with Gasteiger partial charge in [-0.3, -0.25) is 0 Å². The second-order valence-corrected chi connectivity index (χ2v) is 4.99. The minimum absolute atomic E-state index is 0.0696. The van der Waals surface area contributed by atoms with Crippen molar-refractivity contribution in [2.45, 2.75) is 22.9 Å². The number of nitrogens with two attached hydrogens (primary N) is 1. The van der Waals surface area contributed by atoms with E-state index in [-0.39, 0.29) is 6.04 Å². The van der Waals surface area contributed by atoms with Crippen molar-refractivity contribution in [3.05, 3.63) is 53.7 Å². The Kier molecular flexibility index (Phi) is 3.93. The van der Waals surface area contributed by atoms with Crippen molar-refractivity contribution in [2.24, 2.45) is 5.73 Å². The number of nitrogens with zero attached hydrogens (tertiary/aromatic N) is 1. The smallest absolute Gasteiger partial charge is 0.159 e. The van der Waals surface area contributed by atoms with Gasteiger partial charge in [-0.1, -0.05) is 17.8 Å². The first-order valence-electron chi connectivity index (χ1n) is 5.40. The van der Waals surface area contributed by atoms with Gasteiger partial charge in [0, 0.05) is 17.1 Å². The summed E-state index contributed by atoms with van der Waals surface area (Å²) < 4.78 is 25.8. The third-order valence-electron chi connectivity index (χ3n) is 2.40. The van der Waals surface area contributed by atoms with Gasteiger partial charge in [-0.2, -0.15) is 0 Å². The number of rotatable bonds is 3. The zero-order chi connectivity index (χ0) is 13.1. The van der Waals surface area contributed by atoms with Crippen LogP contribution < -0.4 is 5.73 Å². The lowest BCUT2D eigenvalue weighted by Gasteiger charge is -2.06. The van der Waals surface area contributed by atoms with Crippen molar-refractivity contribution < 1.29 is 8.78 Å². The van der Waals surface area contributed by atoms with E-state index >= 15 is 0 Å². The highest BCUT2D eigenvalue weighted by molar-refractivity contribution is 7.99. The van der Waals surface area contributed by atoms with Crippen molar-refractivity contribution in [3.8, 4) is 0 Å². The van der Waals surface area contributed by atoms with Crippen LogP contribution in [0.4, 0.5) is 8.78 Å². The first kappa shape index (κ1) is 13.0. The van der Waals surface area contributed by atoms with Crippen LogP contribution in [0.2, 0.25) is 0 Å². The predicted octanol–water partition coefficient (Wildman–Crippen LogP) is 3.53. The minimum atomic E-state index is -0.854. The molecule has 1 aromatic heterocycles. The summed E-state index contributed by atoms with van der Waals surface area (Å²) in [4.78, 5) is 4.82. The van der Waals surface area contributed by atoms with Crippen LogP contribution in [0.3, 0.4) is 0 Å². The number of aromatic nitrogens is 1. The topological polar surface area (TPSA) is 38.9 Å². The summed E-state index contributed by atoms with van der Waals surface area (Å²) in [5.74, 6) is -1.70. The Labute approximate surface area is 108 Å². The van der Waals surface area contributed by atoms with Crippen LogP contribution in [0.1, 0.15) is 18.5 Å². The maximum absolute atomic E-state index is 13.0. The Morgan fingerprint density at radius 1 is 1.17 bits per heavy atom. The Morgan fingerprint density at radius 2 is 1.94 bits per heavy atom. The fourth-order valence-corrected chi connectivity index (χ4v) is 2.16.